The molecular formula is C17H20Cl2N4O2. The number of aliphatic carboxylic acids is 1. The number of benzene rings is 1. The molecule has 1 aliphatic heterocycles. The first kappa shape index (κ1) is 18.2. The number of carboxylic acids is 1. The number of rotatable bonds is 6. The van der Waals surface area contributed by atoms with E-state index in [0.29, 0.717) is 29.7 Å². The second-order valence-corrected chi connectivity index (χ2v) is 7.12. The molecule has 25 heavy (non-hydrogen) atoms. The zero-order valence-corrected chi connectivity index (χ0v) is 15.5. The van der Waals surface area contributed by atoms with E-state index in [4.69, 9.17) is 23.2 Å². The highest BCUT2D eigenvalue weighted by Crippen LogP contribution is 2.24. The summed E-state index contributed by atoms with van der Waals surface area (Å²) in [7, 11) is 0. The number of aryl methyl sites for hydroxylation is 2. The Morgan fingerprint density at radius 3 is 2.80 bits per heavy atom. The van der Waals surface area contributed by atoms with Crippen LogP contribution in [0.15, 0.2) is 18.2 Å². The molecule has 0 fully saturated rings. The lowest BCUT2D eigenvalue weighted by molar-refractivity contribution is -0.145. The lowest BCUT2D eigenvalue weighted by atomic mass is 10.1. The molecule has 2 heterocycles. The Labute approximate surface area is 156 Å². The Morgan fingerprint density at radius 2 is 2.08 bits per heavy atom. The number of carboxylic acid groups (broad SMARTS) is 1. The van der Waals surface area contributed by atoms with Gasteiger partial charge in [-0.25, -0.2) is 0 Å². The van der Waals surface area contributed by atoms with Crippen molar-refractivity contribution in [3.8, 4) is 0 Å². The topological polar surface area (TPSA) is 71.2 Å². The highest BCUT2D eigenvalue weighted by atomic mass is 35.5. The van der Waals surface area contributed by atoms with Crippen molar-refractivity contribution in [1.82, 2.24) is 19.7 Å². The fourth-order valence-corrected chi connectivity index (χ4v) is 3.49. The van der Waals surface area contributed by atoms with Crippen LogP contribution in [0.1, 0.15) is 30.1 Å². The maximum atomic E-state index is 11.6. The second kappa shape index (κ2) is 7.72. The molecular weight excluding hydrogens is 363 g/mol. The van der Waals surface area contributed by atoms with Crippen molar-refractivity contribution in [2.24, 2.45) is 0 Å². The van der Waals surface area contributed by atoms with Gasteiger partial charge in [0.25, 0.3) is 0 Å². The van der Waals surface area contributed by atoms with Crippen LogP contribution in [0.5, 0.6) is 0 Å². The first-order chi connectivity index (χ1) is 12.0. The zero-order valence-electron chi connectivity index (χ0n) is 14.0. The zero-order chi connectivity index (χ0) is 18.0. The van der Waals surface area contributed by atoms with Crippen molar-refractivity contribution < 1.29 is 9.90 Å². The average molecular weight is 383 g/mol. The molecule has 0 aliphatic carbocycles. The van der Waals surface area contributed by atoms with Crippen LogP contribution >= 0.6 is 23.2 Å². The number of hydrogen-bond donors (Lipinski definition) is 1. The number of unbranched alkanes of at least 4 members (excludes halogenated alkanes) is 1. The van der Waals surface area contributed by atoms with Gasteiger partial charge in [-0.3, -0.25) is 9.69 Å². The summed E-state index contributed by atoms with van der Waals surface area (Å²) in [5, 5.41) is 18.8. The van der Waals surface area contributed by atoms with Gasteiger partial charge in [-0.05, 0) is 50.4 Å². The first-order valence-electron chi connectivity index (χ1n) is 8.25. The van der Waals surface area contributed by atoms with Crippen molar-refractivity contribution in [3.63, 3.8) is 0 Å². The molecule has 2 aromatic rings. The van der Waals surface area contributed by atoms with Crippen LogP contribution in [-0.2, 0) is 24.3 Å². The monoisotopic (exact) mass is 382 g/mol. The second-order valence-electron chi connectivity index (χ2n) is 6.30. The SMILES string of the molecule is Cc1nnc2n1CC(C(=O)O)N(CCCCc1ccc(Cl)c(Cl)c1)C2. The Bertz CT molecular complexity index is 778. The molecule has 3 rings (SSSR count). The van der Waals surface area contributed by atoms with Gasteiger partial charge in [-0.1, -0.05) is 29.3 Å². The molecule has 0 saturated carbocycles. The third kappa shape index (κ3) is 4.14. The van der Waals surface area contributed by atoms with E-state index in [9.17, 15) is 9.90 Å². The van der Waals surface area contributed by atoms with E-state index in [1.807, 2.05) is 28.5 Å². The van der Waals surface area contributed by atoms with E-state index in [1.54, 1.807) is 6.07 Å². The van der Waals surface area contributed by atoms with Crippen molar-refractivity contribution in [2.45, 2.75) is 45.3 Å². The number of aromatic nitrogens is 3. The molecule has 0 radical (unpaired) electrons. The van der Waals surface area contributed by atoms with Crippen molar-refractivity contribution in [2.75, 3.05) is 6.54 Å². The van der Waals surface area contributed by atoms with Crippen LogP contribution in [0.25, 0.3) is 0 Å². The summed E-state index contributed by atoms with van der Waals surface area (Å²) in [5.74, 6) is 0.795. The molecule has 0 bridgehead atoms. The largest absolute Gasteiger partial charge is 0.480 e. The van der Waals surface area contributed by atoms with Crippen LogP contribution in [0.3, 0.4) is 0 Å². The molecule has 1 atom stereocenters. The minimum absolute atomic E-state index is 0.399. The smallest absolute Gasteiger partial charge is 0.322 e. The number of carbonyl (C=O) groups is 1. The van der Waals surface area contributed by atoms with E-state index in [0.717, 1.165) is 36.5 Å². The van der Waals surface area contributed by atoms with Crippen LogP contribution in [0.2, 0.25) is 10.0 Å². The standard InChI is InChI=1S/C17H20Cl2N4O2/c1-11-20-21-16-10-22(15(17(24)25)9-23(11)16)7-3-2-4-12-5-6-13(18)14(19)8-12/h5-6,8,15H,2-4,7,9-10H2,1H3,(H,24,25). The molecule has 1 unspecified atom stereocenters. The number of fused-ring (bicyclic) bond motifs is 1. The molecule has 0 spiro atoms. The van der Waals surface area contributed by atoms with Gasteiger partial charge in [-0.2, -0.15) is 0 Å². The van der Waals surface area contributed by atoms with Gasteiger partial charge in [0.2, 0.25) is 0 Å². The van der Waals surface area contributed by atoms with Crippen molar-refractivity contribution in [3.05, 3.63) is 45.5 Å². The summed E-state index contributed by atoms with van der Waals surface area (Å²) in [5.41, 5.74) is 1.14. The van der Waals surface area contributed by atoms with Gasteiger partial charge in [-0.15, -0.1) is 10.2 Å². The minimum Gasteiger partial charge on any atom is -0.480 e. The minimum atomic E-state index is -0.803. The summed E-state index contributed by atoms with van der Waals surface area (Å²) >= 11 is 12.0. The molecule has 1 aromatic carbocycles. The molecule has 0 amide bonds. The van der Waals surface area contributed by atoms with E-state index in [2.05, 4.69) is 10.2 Å². The summed E-state index contributed by atoms with van der Waals surface area (Å²) in [6, 6.07) is 5.13. The lowest BCUT2D eigenvalue weighted by Gasteiger charge is -2.33. The van der Waals surface area contributed by atoms with Gasteiger partial charge < -0.3 is 9.67 Å². The van der Waals surface area contributed by atoms with Gasteiger partial charge in [0.05, 0.1) is 23.1 Å². The molecule has 1 aromatic heterocycles. The number of hydrogen-bond acceptors (Lipinski definition) is 4. The third-order valence-electron chi connectivity index (χ3n) is 4.58. The Morgan fingerprint density at radius 1 is 1.28 bits per heavy atom. The Hall–Kier alpha value is -1.63. The lowest BCUT2D eigenvalue weighted by Crippen LogP contribution is -2.48. The predicted octanol–water partition coefficient (Wildman–Crippen LogP) is 3.19. The van der Waals surface area contributed by atoms with E-state index >= 15 is 0 Å². The molecule has 8 heteroatoms. The number of nitrogens with zero attached hydrogens (tertiary/aromatic N) is 4. The van der Waals surface area contributed by atoms with Crippen molar-refractivity contribution >= 4 is 29.2 Å². The normalized spacial score (nSPS) is 17.5. The third-order valence-corrected chi connectivity index (χ3v) is 5.32. The first-order valence-corrected chi connectivity index (χ1v) is 9.00. The van der Waals surface area contributed by atoms with Crippen LogP contribution in [-0.4, -0.2) is 43.3 Å². The fourth-order valence-electron chi connectivity index (χ4n) is 3.17. The quantitative estimate of drug-likeness (QED) is 0.776. The summed E-state index contributed by atoms with van der Waals surface area (Å²) in [6.07, 6.45) is 2.74. The summed E-state index contributed by atoms with van der Waals surface area (Å²) < 4.78 is 1.89. The highest BCUT2D eigenvalue weighted by molar-refractivity contribution is 6.42. The van der Waals surface area contributed by atoms with E-state index in [1.165, 1.54) is 0 Å². The van der Waals surface area contributed by atoms with Crippen molar-refractivity contribution in [1.29, 1.82) is 0 Å². The molecule has 6 nitrogen and oxygen atoms in total. The van der Waals surface area contributed by atoms with Gasteiger partial charge in [0.15, 0.2) is 0 Å². The molecule has 1 N–H and O–H groups in total. The van der Waals surface area contributed by atoms with Crippen LogP contribution in [0, 0.1) is 6.92 Å². The summed E-state index contributed by atoms with van der Waals surface area (Å²) in [4.78, 5) is 13.6. The Kier molecular flexibility index (Phi) is 5.61. The van der Waals surface area contributed by atoms with E-state index < -0.39 is 12.0 Å². The maximum absolute atomic E-state index is 11.6. The van der Waals surface area contributed by atoms with Crippen LogP contribution in [0.4, 0.5) is 0 Å². The molecule has 1 aliphatic rings. The molecule has 134 valence electrons. The maximum Gasteiger partial charge on any atom is 0.322 e. The van der Waals surface area contributed by atoms with E-state index in [-0.39, 0.29) is 0 Å². The fraction of sp³-hybridized carbons (Fsp3) is 0.471. The van der Waals surface area contributed by atoms with Gasteiger partial charge >= 0.3 is 5.97 Å². The summed E-state index contributed by atoms with van der Waals surface area (Å²) in [6.45, 7) is 3.48. The van der Waals surface area contributed by atoms with Gasteiger partial charge in [0.1, 0.15) is 17.7 Å². The van der Waals surface area contributed by atoms with Gasteiger partial charge in [0, 0.05) is 0 Å². The molecule has 0 saturated heterocycles. The highest BCUT2D eigenvalue weighted by Gasteiger charge is 2.32. The average Bonchev–Trinajstić information content (AvgIpc) is 2.94. The van der Waals surface area contributed by atoms with Crippen LogP contribution < -0.4 is 0 Å². The Balaban J connectivity index is 1.56. The number of halogens is 2. The predicted molar refractivity (Wildman–Crippen MR) is 96.0 cm³/mol.